The SMILES string of the molecule is CCOCC1(O)CC(C)(C)N([O])C(C)(C)C1. The van der Waals surface area contributed by atoms with Crippen LogP contribution in [0.4, 0.5) is 0 Å². The fourth-order valence-electron chi connectivity index (χ4n) is 3.03. The third kappa shape index (κ3) is 2.74. The molecule has 0 atom stereocenters. The molecule has 1 rings (SSSR count). The third-order valence-electron chi connectivity index (χ3n) is 3.20. The molecule has 4 nitrogen and oxygen atoms in total. The van der Waals surface area contributed by atoms with Gasteiger partial charge in [0.25, 0.3) is 0 Å². The molecule has 1 fully saturated rings. The second-order valence-corrected chi connectivity index (χ2v) is 6.13. The van der Waals surface area contributed by atoms with Crippen molar-refractivity contribution in [2.75, 3.05) is 13.2 Å². The Morgan fingerprint density at radius 2 is 1.62 bits per heavy atom. The lowest BCUT2D eigenvalue weighted by atomic mass is 9.73. The fraction of sp³-hybridized carbons (Fsp3) is 1.00. The summed E-state index contributed by atoms with van der Waals surface area (Å²) in [5.74, 6) is 0. The summed E-state index contributed by atoms with van der Waals surface area (Å²) in [7, 11) is 0. The summed E-state index contributed by atoms with van der Waals surface area (Å²) in [4.78, 5) is 0. The lowest BCUT2D eigenvalue weighted by Gasteiger charge is -2.53. The highest BCUT2D eigenvalue weighted by Gasteiger charge is 2.52. The number of piperidine rings is 1. The van der Waals surface area contributed by atoms with Crippen LogP contribution in [0.2, 0.25) is 0 Å². The minimum Gasteiger partial charge on any atom is -0.387 e. The fourth-order valence-corrected chi connectivity index (χ4v) is 3.03. The van der Waals surface area contributed by atoms with Gasteiger partial charge in [-0.15, -0.1) is 10.3 Å². The van der Waals surface area contributed by atoms with Crippen molar-refractivity contribution in [1.82, 2.24) is 5.06 Å². The minimum absolute atomic E-state index is 0.310. The van der Waals surface area contributed by atoms with Crippen molar-refractivity contribution in [3.63, 3.8) is 0 Å². The number of aliphatic hydroxyl groups is 1. The maximum absolute atomic E-state index is 12.1. The van der Waals surface area contributed by atoms with Gasteiger partial charge in [-0.25, -0.2) is 0 Å². The molecule has 1 radical (unpaired) electrons. The molecule has 0 spiro atoms. The van der Waals surface area contributed by atoms with Crippen molar-refractivity contribution >= 4 is 0 Å². The Morgan fingerprint density at radius 3 is 2.00 bits per heavy atom. The van der Waals surface area contributed by atoms with Gasteiger partial charge in [0.1, 0.15) is 0 Å². The van der Waals surface area contributed by atoms with Crippen LogP contribution < -0.4 is 0 Å². The van der Waals surface area contributed by atoms with E-state index in [0.717, 1.165) is 5.06 Å². The molecular formula is C12H24NO3. The number of ether oxygens (including phenoxy) is 1. The van der Waals surface area contributed by atoms with Crippen molar-refractivity contribution in [1.29, 1.82) is 0 Å². The van der Waals surface area contributed by atoms with Gasteiger partial charge in [0.15, 0.2) is 0 Å². The monoisotopic (exact) mass is 230 g/mol. The Morgan fingerprint density at radius 1 is 1.19 bits per heavy atom. The maximum Gasteiger partial charge on any atom is 0.0916 e. The molecule has 95 valence electrons. The van der Waals surface area contributed by atoms with Crippen LogP contribution in [0.5, 0.6) is 0 Å². The van der Waals surface area contributed by atoms with Gasteiger partial charge in [0, 0.05) is 17.7 Å². The highest BCUT2D eigenvalue weighted by molar-refractivity contribution is 5.03. The first-order chi connectivity index (χ1) is 7.13. The highest BCUT2D eigenvalue weighted by atomic mass is 16.5. The smallest absolute Gasteiger partial charge is 0.0916 e. The zero-order chi connectivity index (χ0) is 12.6. The Balaban J connectivity index is 2.85. The van der Waals surface area contributed by atoms with Crippen LogP contribution in [-0.4, -0.2) is 40.1 Å². The number of hydrogen-bond donors (Lipinski definition) is 1. The van der Waals surface area contributed by atoms with Crippen molar-refractivity contribution in [3.05, 3.63) is 0 Å². The number of hydrogen-bond acceptors (Lipinski definition) is 3. The van der Waals surface area contributed by atoms with Crippen molar-refractivity contribution in [2.24, 2.45) is 0 Å². The van der Waals surface area contributed by atoms with Gasteiger partial charge in [0.2, 0.25) is 0 Å². The van der Waals surface area contributed by atoms with E-state index in [0.29, 0.717) is 26.1 Å². The number of nitrogens with zero attached hydrogens (tertiary/aromatic N) is 1. The molecule has 1 N–H and O–H groups in total. The van der Waals surface area contributed by atoms with E-state index in [-0.39, 0.29) is 0 Å². The van der Waals surface area contributed by atoms with Gasteiger partial charge < -0.3 is 9.84 Å². The van der Waals surface area contributed by atoms with Crippen LogP contribution in [0.3, 0.4) is 0 Å². The molecule has 0 amide bonds. The molecule has 16 heavy (non-hydrogen) atoms. The first kappa shape index (κ1) is 13.9. The Bertz CT molecular complexity index is 233. The van der Waals surface area contributed by atoms with Crippen LogP contribution >= 0.6 is 0 Å². The summed E-state index contributed by atoms with van der Waals surface area (Å²) in [6, 6.07) is 0. The summed E-state index contributed by atoms with van der Waals surface area (Å²) in [5.41, 5.74) is -1.98. The molecule has 1 saturated heterocycles. The summed E-state index contributed by atoms with van der Waals surface area (Å²) in [6.07, 6.45) is 0.903. The van der Waals surface area contributed by atoms with E-state index in [2.05, 4.69) is 0 Å². The summed E-state index contributed by atoms with van der Waals surface area (Å²) >= 11 is 0. The Hall–Kier alpha value is -0.160. The first-order valence-electron chi connectivity index (χ1n) is 5.91. The molecule has 0 aliphatic carbocycles. The van der Waals surface area contributed by atoms with Gasteiger partial charge in [-0.1, -0.05) is 0 Å². The lowest BCUT2D eigenvalue weighted by Crippen LogP contribution is -2.64. The van der Waals surface area contributed by atoms with Crippen molar-refractivity contribution in [2.45, 2.75) is 64.1 Å². The van der Waals surface area contributed by atoms with E-state index in [1.165, 1.54) is 0 Å². The number of rotatable bonds is 3. The second-order valence-electron chi connectivity index (χ2n) is 6.13. The molecule has 1 heterocycles. The number of hydroxylamine groups is 2. The van der Waals surface area contributed by atoms with Gasteiger partial charge in [-0.2, -0.15) is 0 Å². The lowest BCUT2D eigenvalue weighted by molar-refractivity contribution is -0.315. The van der Waals surface area contributed by atoms with E-state index in [4.69, 9.17) is 4.74 Å². The summed E-state index contributed by atoms with van der Waals surface area (Å²) in [5, 5.41) is 23.7. The summed E-state index contributed by atoms with van der Waals surface area (Å²) < 4.78 is 5.33. The van der Waals surface area contributed by atoms with E-state index in [1.807, 2.05) is 34.6 Å². The van der Waals surface area contributed by atoms with Gasteiger partial charge in [-0.05, 0) is 47.5 Å². The molecule has 0 unspecified atom stereocenters. The van der Waals surface area contributed by atoms with E-state index in [1.54, 1.807) is 0 Å². The van der Waals surface area contributed by atoms with Crippen molar-refractivity contribution < 1.29 is 15.1 Å². The molecule has 1 aliphatic heterocycles. The van der Waals surface area contributed by atoms with Crippen LogP contribution in [0.25, 0.3) is 0 Å². The average molecular weight is 230 g/mol. The largest absolute Gasteiger partial charge is 0.387 e. The van der Waals surface area contributed by atoms with E-state index in [9.17, 15) is 10.3 Å². The zero-order valence-corrected chi connectivity index (χ0v) is 11.0. The minimum atomic E-state index is -0.885. The van der Waals surface area contributed by atoms with Gasteiger partial charge in [-0.3, -0.25) is 0 Å². The molecule has 0 aromatic carbocycles. The Kier molecular flexibility index (Phi) is 3.70. The predicted octanol–water partition coefficient (Wildman–Crippen LogP) is 1.75. The summed E-state index contributed by atoms with van der Waals surface area (Å²) in [6.45, 7) is 10.3. The van der Waals surface area contributed by atoms with Crippen LogP contribution in [0.15, 0.2) is 0 Å². The second kappa shape index (κ2) is 4.26. The first-order valence-corrected chi connectivity index (χ1v) is 5.91. The standard InChI is InChI=1S/C12H24NO3/c1-6-16-9-12(14)7-10(2,3)13(15)11(4,5)8-12/h14H,6-9H2,1-5H3. The van der Waals surface area contributed by atoms with E-state index < -0.39 is 16.7 Å². The van der Waals surface area contributed by atoms with Crippen LogP contribution in [-0.2, 0) is 9.94 Å². The molecule has 4 heteroatoms. The topological polar surface area (TPSA) is 52.6 Å². The van der Waals surface area contributed by atoms with Gasteiger partial charge >= 0.3 is 0 Å². The van der Waals surface area contributed by atoms with E-state index >= 15 is 0 Å². The molecule has 0 aromatic heterocycles. The molecule has 1 aliphatic rings. The third-order valence-corrected chi connectivity index (χ3v) is 3.20. The quantitative estimate of drug-likeness (QED) is 0.803. The normalized spacial score (nSPS) is 27.9. The molecule has 0 bridgehead atoms. The zero-order valence-electron chi connectivity index (χ0n) is 11.0. The maximum atomic E-state index is 12.1. The van der Waals surface area contributed by atoms with Crippen LogP contribution in [0, 0.1) is 0 Å². The molecular weight excluding hydrogens is 206 g/mol. The molecule has 0 saturated carbocycles. The molecule has 0 aromatic rings. The Labute approximate surface area is 98.2 Å². The average Bonchev–Trinajstić information content (AvgIpc) is 2.10. The van der Waals surface area contributed by atoms with Crippen LogP contribution in [0.1, 0.15) is 47.5 Å². The van der Waals surface area contributed by atoms with Gasteiger partial charge in [0.05, 0.1) is 12.2 Å². The van der Waals surface area contributed by atoms with Crippen molar-refractivity contribution in [3.8, 4) is 0 Å². The highest BCUT2D eigenvalue weighted by Crippen LogP contribution is 2.42. The predicted molar refractivity (Wildman–Crippen MR) is 61.4 cm³/mol.